The highest BCUT2D eigenvalue weighted by Gasteiger charge is 2.18. The number of rotatable bonds is 63. The van der Waals surface area contributed by atoms with Crippen molar-refractivity contribution in [1.82, 2.24) is 5.32 Å². The van der Waals surface area contributed by atoms with Crippen LogP contribution in [0, 0.1) is 0 Å². The van der Waals surface area contributed by atoms with Gasteiger partial charge in [0, 0.05) is 12.8 Å². The first-order valence-corrected chi connectivity index (χ1v) is 33.5. The van der Waals surface area contributed by atoms with Crippen LogP contribution in [-0.4, -0.2) is 47.4 Å². The summed E-state index contributed by atoms with van der Waals surface area (Å²) in [7, 11) is 0. The summed E-state index contributed by atoms with van der Waals surface area (Å²) in [6, 6.07) is -0.638. The Morgan fingerprint density at radius 2 is 0.630 bits per heavy atom. The molecule has 0 aliphatic carbocycles. The summed E-state index contributed by atoms with van der Waals surface area (Å²) in [5.41, 5.74) is 0. The number of aliphatic hydroxyl groups excluding tert-OH is 2. The van der Waals surface area contributed by atoms with Crippen LogP contribution in [0.5, 0.6) is 0 Å². The molecule has 2 atom stereocenters. The van der Waals surface area contributed by atoms with E-state index in [2.05, 4.69) is 19.2 Å². The topological polar surface area (TPSA) is 95.9 Å². The Hall–Kier alpha value is -1.40. The SMILES string of the molecule is CCCCCCCCCCCCCCCCCCCCCCCC/C=C/C(O)C(CO)NC(=O)CCCCCCCCCCCCCCCOC(=O)CCCCCCCCCCCCCCCCCCCCC. The molecule has 0 aliphatic heterocycles. The van der Waals surface area contributed by atoms with E-state index in [4.69, 9.17) is 4.74 Å². The Labute approximate surface area is 457 Å². The van der Waals surface area contributed by atoms with Crippen LogP contribution in [0.4, 0.5) is 0 Å². The molecule has 0 bridgehead atoms. The van der Waals surface area contributed by atoms with Gasteiger partial charge in [-0.15, -0.1) is 0 Å². The molecule has 0 aliphatic rings. The number of ether oxygens (including phenoxy) is 1. The molecular weight excluding hydrogens is 899 g/mol. The number of carbonyl (C=O) groups excluding carboxylic acids is 2. The van der Waals surface area contributed by atoms with Gasteiger partial charge in [0.25, 0.3) is 0 Å². The molecule has 0 rings (SSSR count). The molecule has 2 unspecified atom stereocenters. The van der Waals surface area contributed by atoms with Gasteiger partial charge in [-0.2, -0.15) is 0 Å². The number of esters is 1. The van der Waals surface area contributed by atoms with Crippen LogP contribution in [0.15, 0.2) is 12.2 Å². The molecule has 0 spiro atoms. The number of hydrogen-bond acceptors (Lipinski definition) is 5. The average molecular weight is 1030 g/mol. The summed E-state index contributed by atoms with van der Waals surface area (Å²) in [6.45, 7) is 4.92. The molecule has 0 aromatic heterocycles. The molecule has 73 heavy (non-hydrogen) atoms. The van der Waals surface area contributed by atoms with Crippen molar-refractivity contribution in [3.8, 4) is 0 Å². The van der Waals surface area contributed by atoms with Crippen LogP contribution in [0.25, 0.3) is 0 Å². The van der Waals surface area contributed by atoms with Gasteiger partial charge in [0.2, 0.25) is 5.91 Å². The lowest BCUT2D eigenvalue weighted by molar-refractivity contribution is -0.143. The smallest absolute Gasteiger partial charge is 0.305 e. The Morgan fingerprint density at radius 1 is 0.370 bits per heavy atom. The number of aliphatic hydroxyl groups is 2. The van der Waals surface area contributed by atoms with Crippen molar-refractivity contribution in [2.75, 3.05) is 13.2 Å². The first-order chi connectivity index (χ1) is 36.0. The Balaban J connectivity index is 3.44. The van der Waals surface area contributed by atoms with Gasteiger partial charge >= 0.3 is 5.97 Å². The van der Waals surface area contributed by atoms with E-state index in [1.54, 1.807) is 6.08 Å². The molecule has 1 amide bonds. The van der Waals surface area contributed by atoms with Crippen molar-refractivity contribution in [3.63, 3.8) is 0 Å². The molecule has 0 aromatic rings. The molecule has 434 valence electrons. The van der Waals surface area contributed by atoms with Crippen LogP contribution in [0.2, 0.25) is 0 Å². The Bertz CT molecular complexity index is 1100. The van der Waals surface area contributed by atoms with Crippen LogP contribution in [0.1, 0.15) is 380 Å². The lowest BCUT2D eigenvalue weighted by Crippen LogP contribution is -2.45. The van der Waals surface area contributed by atoms with E-state index in [9.17, 15) is 19.8 Å². The number of nitrogens with one attached hydrogen (secondary N) is 1. The minimum Gasteiger partial charge on any atom is -0.466 e. The normalized spacial score (nSPS) is 12.5. The molecule has 0 saturated heterocycles. The lowest BCUT2D eigenvalue weighted by Gasteiger charge is -2.20. The monoisotopic (exact) mass is 1030 g/mol. The van der Waals surface area contributed by atoms with Gasteiger partial charge in [-0.3, -0.25) is 9.59 Å². The highest BCUT2D eigenvalue weighted by molar-refractivity contribution is 5.76. The summed E-state index contributed by atoms with van der Waals surface area (Å²) in [6.07, 6.45) is 76.9. The highest BCUT2D eigenvalue weighted by atomic mass is 16.5. The third kappa shape index (κ3) is 59.7. The van der Waals surface area contributed by atoms with Gasteiger partial charge in [0.05, 0.1) is 25.4 Å². The Morgan fingerprint density at radius 3 is 0.932 bits per heavy atom. The zero-order valence-corrected chi connectivity index (χ0v) is 49.6. The highest BCUT2D eigenvalue weighted by Crippen LogP contribution is 2.19. The van der Waals surface area contributed by atoms with E-state index in [0.717, 1.165) is 57.8 Å². The number of hydrogen-bond donors (Lipinski definition) is 3. The van der Waals surface area contributed by atoms with Crippen LogP contribution in [0.3, 0.4) is 0 Å². The fourth-order valence-corrected chi connectivity index (χ4v) is 10.7. The average Bonchev–Trinajstić information content (AvgIpc) is 3.39. The van der Waals surface area contributed by atoms with Gasteiger partial charge in [-0.25, -0.2) is 0 Å². The largest absolute Gasteiger partial charge is 0.466 e. The molecule has 6 heteroatoms. The zero-order valence-electron chi connectivity index (χ0n) is 49.6. The van der Waals surface area contributed by atoms with Gasteiger partial charge in [0.15, 0.2) is 0 Å². The van der Waals surface area contributed by atoms with Crippen LogP contribution < -0.4 is 5.32 Å². The summed E-state index contributed by atoms with van der Waals surface area (Å²) in [4.78, 5) is 24.6. The van der Waals surface area contributed by atoms with E-state index in [1.165, 1.54) is 295 Å². The predicted molar refractivity (Wildman–Crippen MR) is 320 cm³/mol. The molecule has 0 heterocycles. The minimum absolute atomic E-state index is 0.000633. The number of unbranched alkanes of at least 4 members (excludes halogenated alkanes) is 52. The molecule has 0 saturated carbocycles. The second kappa shape index (κ2) is 63.1. The van der Waals surface area contributed by atoms with Crippen molar-refractivity contribution in [3.05, 3.63) is 12.2 Å². The fourth-order valence-electron chi connectivity index (χ4n) is 10.7. The van der Waals surface area contributed by atoms with Crippen molar-refractivity contribution < 1.29 is 24.5 Å². The molecular formula is C67H131NO5. The van der Waals surface area contributed by atoms with E-state index in [1.807, 2.05) is 6.08 Å². The maximum Gasteiger partial charge on any atom is 0.305 e. The maximum absolute atomic E-state index is 12.5. The zero-order chi connectivity index (χ0) is 52.9. The van der Waals surface area contributed by atoms with Gasteiger partial charge in [0.1, 0.15) is 0 Å². The summed E-state index contributed by atoms with van der Waals surface area (Å²) >= 11 is 0. The van der Waals surface area contributed by atoms with E-state index in [-0.39, 0.29) is 18.5 Å². The maximum atomic E-state index is 12.5. The quantitative estimate of drug-likeness (QED) is 0.0320. The van der Waals surface area contributed by atoms with Gasteiger partial charge in [-0.1, -0.05) is 347 Å². The molecule has 3 N–H and O–H groups in total. The van der Waals surface area contributed by atoms with E-state index < -0.39 is 12.1 Å². The number of carbonyl (C=O) groups is 2. The lowest BCUT2D eigenvalue weighted by atomic mass is 10.0. The second-order valence-corrected chi connectivity index (χ2v) is 23.2. The minimum atomic E-state index is -0.854. The first kappa shape index (κ1) is 71.6. The summed E-state index contributed by atoms with van der Waals surface area (Å²) < 4.78 is 5.50. The third-order valence-corrected chi connectivity index (χ3v) is 15.8. The number of allylic oxidation sites excluding steroid dienone is 1. The van der Waals surface area contributed by atoms with Crippen molar-refractivity contribution in [1.29, 1.82) is 0 Å². The van der Waals surface area contributed by atoms with Gasteiger partial charge in [-0.05, 0) is 32.1 Å². The van der Waals surface area contributed by atoms with Crippen molar-refractivity contribution in [2.45, 2.75) is 392 Å². The summed E-state index contributed by atoms with van der Waals surface area (Å²) in [5, 5.41) is 23.2. The molecule has 0 radical (unpaired) electrons. The predicted octanol–water partition coefficient (Wildman–Crippen LogP) is 21.2. The number of amides is 1. The first-order valence-electron chi connectivity index (χ1n) is 33.5. The molecule has 0 fully saturated rings. The van der Waals surface area contributed by atoms with Crippen molar-refractivity contribution >= 4 is 11.9 Å². The summed E-state index contributed by atoms with van der Waals surface area (Å²) in [5.74, 6) is -0.0763. The van der Waals surface area contributed by atoms with E-state index in [0.29, 0.717) is 19.4 Å². The molecule has 0 aromatic carbocycles. The Kier molecular flexibility index (Phi) is 61.9. The van der Waals surface area contributed by atoms with Gasteiger partial charge < -0.3 is 20.3 Å². The van der Waals surface area contributed by atoms with Crippen LogP contribution >= 0.6 is 0 Å². The second-order valence-electron chi connectivity index (χ2n) is 23.2. The molecule has 6 nitrogen and oxygen atoms in total. The standard InChI is InChI=1S/C67H131NO5/c1-3-5-7-9-11-13-15-17-19-21-23-24-25-26-27-29-30-32-35-39-43-47-51-55-59-65(70)64(63-69)68-66(71)60-56-52-48-44-40-36-34-38-42-46-50-54-58-62-73-67(72)61-57-53-49-45-41-37-33-31-28-22-20-18-16-14-12-10-8-6-4-2/h55,59,64-65,69-70H,3-54,56-58,60-63H2,1-2H3,(H,68,71)/b59-55+. The van der Waals surface area contributed by atoms with Crippen molar-refractivity contribution in [2.24, 2.45) is 0 Å². The third-order valence-electron chi connectivity index (χ3n) is 15.8. The fraction of sp³-hybridized carbons (Fsp3) is 0.940. The van der Waals surface area contributed by atoms with E-state index >= 15 is 0 Å². The van der Waals surface area contributed by atoms with Crippen LogP contribution in [-0.2, 0) is 14.3 Å².